The number of anilines is 1. The van der Waals surface area contributed by atoms with E-state index < -0.39 is 0 Å². The highest BCUT2D eigenvalue weighted by molar-refractivity contribution is 7.14. The zero-order valence-electron chi connectivity index (χ0n) is 13.3. The molecule has 0 saturated heterocycles. The summed E-state index contributed by atoms with van der Waals surface area (Å²) < 4.78 is 10.3. The fraction of sp³-hybridized carbons (Fsp3) is 0.375. The van der Waals surface area contributed by atoms with E-state index in [0.29, 0.717) is 24.9 Å². The maximum absolute atomic E-state index is 11.8. The van der Waals surface area contributed by atoms with Crippen molar-refractivity contribution in [2.24, 2.45) is 0 Å². The second-order valence-electron chi connectivity index (χ2n) is 4.71. The van der Waals surface area contributed by atoms with Crippen LogP contribution in [0.4, 0.5) is 5.13 Å². The summed E-state index contributed by atoms with van der Waals surface area (Å²) in [4.78, 5) is 16.2. The zero-order valence-corrected chi connectivity index (χ0v) is 14.1. The first-order chi connectivity index (χ1) is 11.2. The Morgan fingerprint density at radius 3 is 2.78 bits per heavy atom. The number of carbonyl (C=O) groups is 1. The van der Waals surface area contributed by atoms with Crippen LogP contribution >= 0.6 is 11.3 Å². The largest absolute Gasteiger partial charge is 0.494 e. The number of carbonyl (C=O) groups excluding carboxylic acids is 1. The van der Waals surface area contributed by atoms with Gasteiger partial charge in [0.1, 0.15) is 5.75 Å². The summed E-state index contributed by atoms with van der Waals surface area (Å²) in [5.74, 6) is 0.718. The van der Waals surface area contributed by atoms with Gasteiger partial charge in [-0.1, -0.05) is 0 Å². The lowest BCUT2D eigenvalue weighted by atomic mass is 10.2. The van der Waals surface area contributed by atoms with Crippen molar-refractivity contribution in [1.82, 2.24) is 10.3 Å². The Morgan fingerprint density at radius 2 is 2.09 bits per heavy atom. The Labute approximate surface area is 139 Å². The van der Waals surface area contributed by atoms with Crippen LogP contribution < -0.4 is 15.4 Å². The Kier molecular flexibility index (Phi) is 6.99. The van der Waals surface area contributed by atoms with Crippen molar-refractivity contribution in [2.45, 2.75) is 6.92 Å². The molecule has 0 aliphatic carbocycles. The molecule has 0 bridgehead atoms. The third-order valence-corrected chi connectivity index (χ3v) is 3.74. The number of hydrogen-bond donors (Lipinski definition) is 2. The van der Waals surface area contributed by atoms with E-state index in [4.69, 9.17) is 9.47 Å². The minimum absolute atomic E-state index is 0.117. The SMILES string of the molecule is CCOc1ccc(-c2csc(NC(=O)CNCCOC)n2)cc1. The van der Waals surface area contributed by atoms with Crippen molar-refractivity contribution < 1.29 is 14.3 Å². The van der Waals surface area contributed by atoms with Crippen LogP contribution in [0.3, 0.4) is 0 Å². The first kappa shape index (κ1) is 17.4. The smallest absolute Gasteiger partial charge is 0.240 e. The summed E-state index contributed by atoms with van der Waals surface area (Å²) in [7, 11) is 1.62. The minimum atomic E-state index is -0.117. The van der Waals surface area contributed by atoms with Crippen molar-refractivity contribution in [2.75, 3.05) is 38.7 Å². The number of methoxy groups -OCH3 is 1. The molecule has 0 radical (unpaired) electrons. The summed E-state index contributed by atoms with van der Waals surface area (Å²) in [6.07, 6.45) is 0. The number of nitrogens with zero attached hydrogens (tertiary/aromatic N) is 1. The molecule has 0 saturated carbocycles. The lowest BCUT2D eigenvalue weighted by molar-refractivity contribution is -0.115. The molecule has 2 aromatic rings. The molecule has 2 rings (SSSR count). The lowest BCUT2D eigenvalue weighted by Crippen LogP contribution is -2.30. The van der Waals surface area contributed by atoms with Crippen molar-refractivity contribution in [3.05, 3.63) is 29.6 Å². The van der Waals surface area contributed by atoms with Gasteiger partial charge in [0.15, 0.2) is 5.13 Å². The van der Waals surface area contributed by atoms with Gasteiger partial charge < -0.3 is 20.1 Å². The van der Waals surface area contributed by atoms with Gasteiger partial charge in [0.2, 0.25) is 5.91 Å². The standard InChI is InChI=1S/C16H21N3O3S/c1-3-22-13-6-4-12(5-7-13)14-11-23-16(18-14)19-15(20)10-17-8-9-21-2/h4-7,11,17H,3,8-10H2,1-2H3,(H,18,19,20). The summed E-state index contributed by atoms with van der Waals surface area (Å²) in [6.45, 7) is 4.05. The molecule has 1 heterocycles. The van der Waals surface area contributed by atoms with Gasteiger partial charge in [0.05, 0.1) is 25.5 Å². The first-order valence-electron chi connectivity index (χ1n) is 7.41. The Bertz CT molecular complexity index is 613. The molecule has 7 heteroatoms. The van der Waals surface area contributed by atoms with E-state index in [9.17, 15) is 4.79 Å². The fourth-order valence-corrected chi connectivity index (χ4v) is 2.63. The molecule has 0 unspecified atom stereocenters. The monoisotopic (exact) mass is 335 g/mol. The van der Waals surface area contributed by atoms with Gasteiger partial charge in [-0.15, -0.1) is 11.3 Å². The van der Waals surface area contributed by atoms with Crippen molar-refractivity contribution in [1.29, 1.82) is 0 Å². The molecule has 1 amide bonds. The van der Waals surface area contributed by atoms with Crippen molar-refractivity contribution in [3.8, 4) is 17.0 Å². The van der Waals surface area contributed by atoms with E-state index >= 15 is 0 Å². The quantitative estimate of drug-likeness (QED) is 0.689. The van der Waals surface area contributed by atoms with Crippen LogP contribution in [0, 0.1) is 0 Å². The third kappa shape index (κ3) is 5.63. The number of ether oxygens (including phenoxy) is 2. The van der Waals surface area contributed by atoms with Crippen LogP contribution in [-0.2, 0) is 9.53 Å². The van der Waals surface area contributed by atoms with Gasteiger partial charge in [0.25, 0.3) is 0 Å². The predicted octanol–water partition coefficient (Wildman–Crippen LogP) is 2.38. The molecule has 1 aromatic carbocycles. The van der Waals surface area contributed by atoms with E-state index in [1.54, 1.807) is 7.11 Å². The van der Waals surface area contributed by atoms with E-state index in [-0.39, 0.29) is 12.5 Å². The molecule has 1 aromatic heterocycles. The van der Waals surface area contributed by atoms with Crippen LogP contribution in [0.15, 0.2) is 29.6 Å². The summed E-state index contributed by atoms with van der Waals surface area (Å²) in [5, 5.41) is 8.28. The zero-order chi connectivity index (χ0) is 16.5. The van der Waals surface area contributed by atoms with Gasteiger partial charge in [-0.05, 0) is 31.2 Å². The van der Waals surface area contributed by atoms with Gasteiger partial charge in [-0.2, -0.15) is 0 Å². The average molecular weight is 335 g/mol. The molecule has 0 atom stereocenters. The first-order valence-corrected chi connectivity index (χ1v) is 8.29. The van der Waals surface area contributed by atoms with Gasteiger partial charge in [-0.3, -0.25) is 4.79 Å². The van der Waals surface area contributed by atoms with Crippen molar-refractivity contribution in [3.63, 3.8) is 0 Å². The van der Waals surface area contributed by atoms with Crippen LogP contribution in [0.2, 0.25) is 0 Å². The average Bonchev–Trinajstić information content (AvgIpc) is 3.01. The minimum Gasteiger partial charge on any atom is -0.494 e. The topological polar surface area (TPSA) is 72.5 Å². The summed E-state index contributed by atoms with van der Waals surface area (Å²) in [5.41, 5.74) is 1.82. The van der Waals surface area contributed by atoms with Crippen LogP contribution in [0.5, 0.6) is 5.75 Å². The van der Waals surface area contributed by atoms with Gasteiger partial charge in [-0.25, -0.2) is 4.98 Å². The Hall–Kier alpha value is -1.96. The van der Waals surface area contributed by atoms with Gasteiger partial charge in [0, 0.05) is 24.6 Å². The summed E-state index contributed by atoms with van der Waals surface area (Å²) >= 11 is 1.40. The molecule has 124 valence electrons. The highest BCUT2D eigenvalue weighted by atomic mass is 32.1. The molecular weight excluding hydrogens is 314 g/mol. The van der Waals surface area contributed by atoms with Crippen LogP contribution in [0.25, 0.3) is 11.3 Å². The molecule has 2 N–H and O–H groups in total. The number of nitrogens with one attached hydrogen (secondary N) is 2. The number of thiazole rings is 1. The molecule has 0 aliphatic heterocycles. The molecule has 6 nitrogen and oxygen atoms in total. The number of rotatable bonds is 9. The molecule has 23 heavy (non-hydrogen) atoms. The van der Waals surface area contributed by atoms with E-state index in [2.05, 4.69) is 15.6 Å². The maximum atomic E-state index is 11.8. The maximum Gasteiger partial charge on any atom is 0.240 e. The van der Waals surface area contributed by atoms with Crippen LogP contribution in [0.1, 0.15) is 6.92 Å². The normalized spacial score (nSPS) is 10.5. The highest BCUT2D eigenvalue weighted by Crippen LogP contribution is 2.26. The second-order valence-corrected chi connectivity index (χ2v) is 5.57. The highest BCUT2D eigenvalue weighted by Gasteiger charge is 2.08. The van der Waals surface area contributed by atoms with E-state index in [0.717, 1.165) is 17.0 Å². The van der Waals surface area contributed by atoms with Crippen molar-refractivity contribution >= 4 is 22.4 Å². The molecule has 0 aliphatic rings. The Morgan fingerprint density at radius 1 is 1.30 bits per heavy atom. The Balaban J connectivity index is 1.88. The van der Waals surface area contributed by atoms with Gasteiger partial charge >= 0.3 is 0 Å². The van der Waals surface area contributed by atoms with E-state index in [1.165, 1.54) is 11.3 Å². The third-order valence-electron chi connectivity index (χ3n) is 2.98. The summed E-state index contributed by atoms with van der Waals surface area (Å²) in [6, 6.07) is 7.74. The number of amides is 1. The predicted molar refractivity (Wildman–Crippen MR) is 92.1 cm³/mol. The second kappa shape index (κ2) is 9.24. The van der Waals surface area contributed by atoms with E-state index in [1.807, 2.05) is 36.6 Å². The molecular formula is C16H21N3O3S. The lowest BCUT2D eigenvalue weighted by Gasteiger charge is -2.04. The molecule has 0 spiro atoms. The van der Waals surface area contributed by atoms with Crippen LogP contribution in [-0.4, -0.2) is 44.3 Å². The molecule has 0 fully saturated rings. The number of benzene rings is 1. The number of aromatic nitrogens is 1. The number of hydrogen-bond acceptors (Lipinski definition) is 6. The fourth-order valence-electron chi connectivity index (χ4n) is 1.89.